The average Bonchev–Trinajstić information content (AvgIpc) is 2.51. The summed E-state index contributed by atoms with van der Waals surface area (Å²) in [4.78, 5) is 16.5. The summed E-state index contributed by atoms with van der Waals surface area (Å²) >= 11 is 0. The number of sulfone groups is 1. The van der Waals surface area contributed by atoms with Crippen molar-refractivity contribution in [2.24, 2.45) is 0 Å². The molecule has 0 bridgehead atoms. The number of carbonyl (C=O) groups is 1. The van der Waals surface area contributed by atoms with E-state index in [9.17, 15) is 13.2 Å². The second kappa shape index (κ2) is 8.39. The van der Waals surface area contributed by atoms with Crippen LogP contribution in [0.1, 0.15) is 32.8 Å². The highest BCUT2D eigenvalue weighted by Gasteiger charge is 2.33. The highest BCUT2D eigenvalue weighted by atomic mass is 32.2. The van der Waals surface area contributed by atoms with Crippen molar-refractivity contribution in [1.29, 1.82) is 0 Å². The van der Waals surface area contributed by atoms with Gasteiger partial charge in [0.2, 0.25) is 0 Å². The molecular formula is C19H30N2O4S. The van der Waals surface area contributed by atoms with Crippen LogP contribution in [0.3, 0.4) is 0 Å². The smallest absolute Gasteiger partial charge is 0.410 e. The van der Waals surface area contributed by atoms with Gasteiger partial charge in [0, 0.05) is 38.5 Å². The molecule has 1 saturated heterocycles. The topological polar surface area (TPSA) is 66.9 Å². The molecule has 7 heteroatoms. The number of hydrogen-bond donors (Lipinski definition) is 0. The van der Waals surface area contributed by atoms with E-state index in [2.05, 4.69) is 17.0 Å². The maximum atomic E-state index is 12.5. The molecular weight excluding hydrogens is 352 g/mol. The molecule has 1 atom stereocenters. The third-order valence-corrected chi connectivity index (χ3v) is 5.24. The summed E-state index contributed by atoms with van der Waals surface area (Å²) in [5.41, 5.74) is 0.639. The Morgan fingerprint density at radius 3 is 2.42 bits per heavy atom. The van der Waals surface area contributed by atoms with Gasteiger partial charge in [0.05, 0.1) is 5.75 Å². The third-order valence-electron chi connectivity index (χ3n) is 4.27. The molecule has 0 aliphatic carbocycles. The quantitative estimate of drug-likeness (QED) is 0.783. The molecule has 0 saturated carbocycles. The van der Waals surface area contributed by atoms with Crippen molar-refractivity contribution in [3.63, 3.8) is 0 Å². The maximum absolute atomic E-state index is 12.5. The minimum Gasteiger partial charge on any atom is -0.444 e. The van der Waals surface area contributed by atoms with Crippen LogP contribution in [0.25, 0.3) is 0 Å². The molecule has 1 fully saturated rings. The van der Waals surface area contributed by atoms with Crippen molar-refractivity contribution >= 4 is 15.9 Å². The molecule has 1 aliphatic heterocycles. The Labute approximate surface area is 157 Å². The number of nitrogens with zero attached hydrogens (tertiary/aromatic N) is 2. The summed E-state index contributed by atoms with van der Waals surface area (Å²) in [5, 5.41) is 0. The van der Waals surface area contributed by atoms with Gasteiger partial charge in [-0.1, -0.05) is 30.3 Å². The first-order valence-electron chi connectivity index (χ1n) is 8.97. The molecule has 146 valence electrons. The molecule has 1 amide bonds. The van der Waals surface area contributed by atoms with Gasteiger partial charge >= 0.3 is 6.09 Å². The monoisotopic (exact) mass is 382 g/mol. The van der Waals surface area contributed by atoms with E-state index in [1.807, 2.05) is 39.0 Å². The first kappa shape index (κ1) is 20.7. The second-order valence-electron chi connectivity index (χ2n) is 7.97. The van der Waals surface area contributed by atoms with E-state index in [0.29, 0.717) is 19.5 Å². The van der Waals surface area contributed by atoms with Gasteiger partial charge in [0.1, 0.15) is 15.4 Å². The van der Waals surface area contributed by atoms with Crippen molar-refractivity contribution in [2.45, 2.75) is 45.4 Å². The van der Waals surface area contributed by atoms with Crippen molar-refractivity contribution in [3.05, 3.63) is 35.9 Å². The Kier molecular flexibility index (Phi) is 6.69. The lowest BCUT2D eigenvalue weighted by Gasteiger charge is -2.41. The van der Waals surface area contributed by atoms with Crippen molar-refractivity contribution < 1.29 is 17.9 Å². The Morgan fingerprint density at radius 2 is 1.85 bits per heavy atom. The van der Waals surface area contributed by atoms with Gasteiger partial charge in [-0.25, -0.2) is 13.2 Å². The zero-order valence-electron chi connectivity index (χ0n) is 16.1. The number of carbonyl (C=O) groups excluding carboxylic acids is 1. The lowest BCUT2D eigenvalue weighted by atomic mass is 10.1. The third kappa shape index (κ3) is 6.96. The Balaban J connectivity index is 2.07. The van der Waals surface area contributed by atoms with E-state index in [4.69, 9.17) is 4.74 Å². The van der Waals surface area contributed by atoms with Crippen LogP contribution in [0.5, 0.6) is 0 Å². The number of benzene rings is 1. The average molecular weight is 383 g/mol. The molecule has 1 heterocycles. The van der Waals surface area contributed by atoms with Crippen LogP contribution < -0.4 is 0 Å². The van der Waals surface area contributed by atoms with E-state index in [-0.39, 0.29) is 17.9 Å². The molecule has 0 N–H and O–H groups in total. The summed E-state index contributed by atoms with van der Waals surface area (Å²) in [7, 11) is -3.08. The summed E-state index contributed by atoms with van der Waals surface area (Å²) in [6.45, 7) is 8.22. The standard InChI is InChI=1S/C19H30N2O4S/c1-19(2,3)25-18(22)21-12-11-20(14-16-8-6-5-7-9-16)15-17(21)10-13-26(4,23)24/h5-9,17H,10-15H2,1-4H3/t17-/m0/s1. The number of piperazine rings is 1. The molecule has 6 nitrogen and oxygen atoms in total. The van der Waals surface area contributed by atoms with Gasteiger partial charge in [-0.15, -0.1) is 0 Å². The fourth-order valence-electron chi connectivity index (χ4n) is 3.06. The molecule has 0 unspecified atom stereocenters. The molecule has 2 rings (SSSR count). The van der Waals surface area contributed by atoms with Gasteiger partial charge in [-0.3, -0.25) is 4.90 Å². The van der Waals surface area contributed by atoms with Crippen LogP contribution >= 0.6 is 0 Å². The van der Waals surface area contributed by atoms with E-state index in [1.54, 1.807) is 4.90 Å². The van der Waals surface area contributed by atoms with Crippen molar-refractivity contribution in [3.8, 4) is 0 Å². The van der Waals surface area contributed by atoms with Gasteiger partial charge in [-0.2, -0.15) is 0 Å². The van der Waals surface area contributed by atoms with E-state index in [1.165, 1.54) is 11.8 Å². The molecule has 1 aromatic rings. The minimum absolute atomic E-state index is 0.0656. The van der Waals surface area contributed by atoms with Gasteiger partial charge in [0.25, 0.3) is 0 Å². The van der Waals surface area contributed by atoms with Gasteiger partial charge in [-0.05, 0) is 32.8 Å². The lowest BCUT2D eigenvalue weighted by Crippen LogP contribution is -2.56. The number of rotatable bonds is 5. The zero-order chi connectivity index (χ0) is 19.4. The summed E-state index contributed by atoms with van der Waals surface area (Å²) in [5.74, 6) is 0.0656. The Hall–Kier alpha value is -1.60. The van der Waals surface area contributed by atoms with Crippen LogP contribution in [-0.4, -0.2) is 67.6 Å². The predicted molar refractivity (Wildman–Crippen MR) is 103 cm³/mol. The normalized spacial score (nSPS) is 19.4. The maximum Gasteiger partial charge on any atom is 0.410 e. The van der Waals surface area contributed by atoms with Crippen molar-refractivity contribution in [2.75, 3.05) is 31.6 Å². The number of ether oxygens (including phenoxy) is 1. The van der Waals surface area contributed by atoms with E-state index >= 15 is 0 Å². The Morgan fingerprint density at radius 1 is 1.19 bits per heavy atom. The highest BCUT2D eigenvalue weighted by Crippen LogP contribution is 2.20. The van der Waals surface area contributed by atoms with Gasteiger partial charge in [0.15, 0.2) is 0 Å². The SMILES string of the molecule is CC(C)(C)OC(=O)N1CCN(Cc2ccccc2)C[C@@H]1CCS(C)(=O)=O. The fourth-order valence-corrected chi connectivity index (χ4v) is 3.76. The lowest BCUT2D eigenvalue weighted by molar-refractivity contribution is -0.00289. The van der Waals surface area contributed by atoms with Crippen LogP contribution in [0.2, 0.25) is 0 Å². The molecule has 0 spiro atoms. The van der Waals surface area contributed by atoms with Crippen LogP contribution in [-0.2, 0) is 21.1 Å². The molecule has 0 aromatic heterocycles. The molecule has 26 heavy (non-hydrogen) atoms. The number of hydrogen-bond acceptors (Lipinski definition) is 5. The fraction of sp³-hybridized carbons (Fsp3) is 0.632. The second-order valence-corrected chi connectivity index (χ2v) is 10.2. The predicted octanol–water partition coefficient (Wildman–Crippen LogP) is 2.54. The Bertz CT molecular complexity index is 698. The van der Waals surface area contributed by atoms with Crippen LogP contribution in [0.4, 0.5) is 4.79 Å². The first-order chi connectivity index (χ1) is 12.0. The largest absolute Gasteiger partial charge is 0.444 e. The molecule has 0 radical (unpaired) electrons. The molecule has 1 aromatic carbocycles. The molecule has 1 aliphatic rings. The first-order valence-corrected chi connectivity index (χ1v) is 11.0. The van der Waals surface area contributed by atoms with Crippen LogP contribution in [0.15, 0.2) is 30.3 Å². The number of amides is 1. The van der Waals surface area contributed by atoms with Gasteiger partial charge < -0.3 is 9.64 Å². The summed E-state index contributed by atoms with van der Waals surface area (Å²) < 4.78 is 28.7. The van der Waals surface area contributed by atoms with E-state index < -0.39 is 15.4 Å². The summed E-state index contributed by atoms with van der Waals surface area (Å²) in [6.07, 6.45) is 1.29. The highest BCUT2D eigenvalue weighted by molar-refractivity contribution is 7.90. The summed E-state index contributed by atoms with van der Waals surface area (Å²) in [6, 6.07) is 9.98. The minimum atomic E-state index is -3.08. The van der Waals surface area contributed by atoms with Crippen molar-refractivity contribution in [1.82, 2.24) is 9.80 Å². The van der Waals surface area contributed by atoms with Crippen LogP contribution in [0, 0.1) is 0 Å². The van der Waals surface area contributed by atoms with E-state index in [0.717, 1.165) is 13.1 Å². The zero-order valence-corrected chi connectivity index (χ0v) is 17.0.